The Labute approximate surface area is 135 Å². The fraction of sp³-hybridized carbons (Fsp3) is 0.150. The molecule has 1 atom stereocenters. The maximum Gasteiger partial charge on any atom is 0.166 e. The van der Waals surface area contributed by atoms with Crippen molar-refractivity contribution in [3.05, 3.63) is 71.8 Å². The van der Waals surface area contributed by atoms with Crippen LogP contribution in [0.2, 0.25) is 0 Å². The van der Waals surface area contributed by atoms with E-state index in [1.54, 1.807) is 12.3 Å². The fourth-order valence-corrected chi connectivity index (χ4v) is 2.70. The Hall–Kier alpha value is -2.81. The van der Waals surface area contributed by atoms with Crippen LogP contribution in [0, 0.1) is 0 Å². The molecular weight excluding hydrogens is 286 g/mol. The summed E-state index contributed by atoms with van der Waals surface area (Å²) in [4.78, 5) is 4.61. The van der Waals surface area contributed by atoms with E-state index >= 15 is 0 Å². The van der Waals surface area contributed by atoms with Gasteiger partial charge < -0.3 is 9.84 Å². The number of phenols is 1. The van der Waals surface area contributed by atoms with Crippen molar-refractivity contribution in [2.24, 2.45) is 4.99 Å². The fourth-order valence-electron chi connectivity index (χ4n) is 2.70. The highest BCUT2D eigenvalue weighted by molar-refractivity contribution is 5.87. The van der Waals surface area contributed by atoms with E-state index in [2.05, 4.69) is 36.2 Å². The predicted molar refractivity (Wildman–Crippen MR) is 94.6 cm³/mol. The van der Waals surface area contributed by atoms with Crippen LogP contribution in [-0.2, 0) is 0 Å². The second-order valence-electron chi connectivity index (χ2n) is 5.42. The van der Waals surface area contributed by atoms with Gasteiger partial charge in [0, 0.05) is 11.8 Å². The minimum absolute atomic E-state index is 0.00768. The van der Waals surface area contributed by atoms with Gasteiger partial charge in [0.1, 0.15) is 0 Å². The predicted octanol–water partition coefficient (Wildman–Crippen LogP) is 4.73. The molecule has 23 heavy (non-hydrogen) atoms. The van der Waals surface area contributed by atoms with Gasteiger partial charge in [-0.2, -0.15) is 0 Å². The molecule has 0 unspecified atom stereocenters. The van der Waals surface area contributed by atoms with Crippen LogP contribution in [0.25, 0.3) is 10.8 Å². The van der Waals surface area contributed by atoms with Crippen molar-refractivity contribution >= 4 is 17.0 Å². The Morgan fingerprint density at radius 2 is 1.74 bits per heavy atom. The van der Waals surface area contributed by atoms with E-state index in [1.807, 2.05) is 30.3 Å². The number of para-hydroxylation sites is 1. The molecule has 0 aliphatic carbocycles. The van der Waals surface area contributed by atoms with Gasteiger partial charge in [0.15, 0.2) is 11.5 Å². The molecular formula is C20H19NO2. The van der Waals surface area contributed by atoms with Crippen LogP contribution in [0.1, 0.15) is 24.1 Å². The lowest BCUT2D eigenvalue weighted by Gasteiger charge is -2.11. The number of methoxy groups -OCH3 is 1. The van der Waals surface area contributed by atoms with Crippen LogP contribution in [0.15, 0.2) is 65.7 Å². The summed E-state index contributed by atoms with van der Waals surface area (Å²) in [5, 5.41) is 12.5. The van der Waals surface area contributed by atoms with Crippen LogP contribution in [0.4, 0.5) is 0 Å². The van der Waals surface area contributed by atoms with Crippen molar-refractivity contribution in [2.45, 2.75) is 13.0 Å². The molecule has 0 spiro atoms. The van der Waals surface area contributed by atoms with E-state index < -0.39 is 0 Å². The molecule has 3 aromatic rings. The van der Waals surface area contributed by atoms with Gasteiger partial charge in [-0.1, -0.05) is 48.5 Å². The average Bonchev–Trinajstić information content (AvgIpc) is 2.60. The minimum Gasteiger partial charge on any atom is -0.504 e. The third-order valence-corrected chi connectivity index (χ3v) is 3.96. The summed E-state index contributed by atoms with van der Waals surface area (Å²) in [7, 11) is 1.54. The number of fused-ring (bicyclic) bond motifs is 1. The van der Waals surface area contributed by atoms with Gasteiger partial charge in [-0.25, -0.2) is 0 Å². The van der Waals surface area contributed by atoms with Crippen molar-refractivity contribution in [2.75, 3.05) is 7.11 Å². The summed E-state index contributed by atoms with van der Waals surface area (Å²) in [6.45, 7) is 2.05. The highest BCUT2D eigenvalue weighted by Crippen LogP contribution is 2.30. The maximum atomic E-state index is 10.1. The molecule has 1 N–H and O–H groups in total. The SMILES string of the molecule is COc1cccc(C=N[C@@H](C)c2cccc3ccccc23)c1O. The standard InChI is InChI=1S/C20H19NO2/c1-14(17-11-5-8-15-7-3-4-10-18(15)17)21-13-16-9-6-12-19(23-2)20(16)22/h3-14,22H,1-2H3/t14-/m0/s1. The summed E-state index contributed by atoms with van der Waals surface area (Å²) in [6, 6.07) is 19.9. The third-order valence-electron chi connectivity index (χ3n) is 3.96. The highest BCUT2D eigenvalue weighted by atomic mass is 16.5. The van der Waals surface area contributed by atoms with Crippen molar-refractivity contribution in [3.8, 4) is 11.5 Å². The van der Waals surface area contributed by atoms with Crippen LogP contribution < -0.4 is 4.74 Å². The number of rotatable bonds is 4. The molecule has 3 aromatic carbocycles. The largest absolute Gasteiger partial charge is 0.504 e. The summed E-state index contributed by atoms with van der Waals surface area (Å²) >= 11 is 0. The zero-order valence-electron chi connectivity index (χ0n) is 13.2. The quantitative estimate of drug-likeness (QED) is 0.708. The number of phenolic OH excluding ortho intramolecular Hbond substituents is 1. The Kier molecular flexibility index (Phi) is 4.29. The van der Waals surface area contributed by atoms with Crippen LogP contribution >= 0.6 is 0 Å². The average molecular weight is 305 g/mol. The Balaban J connectivity index is 1.93. The van der Waals surface area contributed by atoms with E-state index in [0.717, 1.165) is 0 Å². The molecule has 3 heteroatoms. The molecule has 0 bridgehead atoms. The number of hydrogen-bond donors (Lipinski definition) is 1. The first-order valence-corrected chi connectivity index (χ1v) is 7.57. The van der Waals surface area contributed by atoms with Crippen LogP contribution in [-0.4, -0.2) is 18.4 Å². The molecule has 3 nitrogen and oxygen atoms in total. The minimum atomic E-state index is -0.00768. The van der Waals surface area contributed by atoms with E-state index in [4.69, 9.17) is 4.74 Å². The van der Waals surface area contributed by atoms with Crippen molar-refractivity contribution < 1.29 is 9.84 Å². The normalized spacial score (nSPS) is 12.6. The Bertz CT molecular complexity index is 850. The topological polar surface area (TPSA) is 41.8 Å². The first kappa shape index (κ1) is 15.1. The summed E-state index contributed by atoms with van der Waals surface area (Å²) in [6.07, 6.45) is 1.70. The van der Waals surface area contributed by atoms with Crippen LogP contribution in [0.5, 0.6) is 11.5 Å². The molecule has 3 rings (SSSR count). The van der Waals surface area contributed by atoms with Gasteiger partial charge in [-0.05, 0) is 35.4 Å². The maximum absolute atomic E-state index is 10.1. The Morgan fingerprint density at radius 3 is 2.57 bits per heavy atom. The van der Waals surface area contributed by atoms with Crippen molar-refractivity contribution in [1.29, 1.82) is 0 Å². The molecule has 0 amide bonds. The van der Waals surface area contributed by atoms with Crippen LogP contribution in [0.3, 0.4) is 0 Å². The van der Waals surface area contributed by atoms with Crippen molar-refractivity contribution in [1.82, 2.24) is 0 Å². The zero-order chi connectivity index (χ0) is 16.2. The summed E-state index contributed by atoms with van der Waals surface area (Å²) in [5.41, 5.74) is 1.82. The van der Waals surface area contributed by atoms with E-state index in [0.29, 0.717) is 11.3 Å². The number of benzene rings is 3. The number of aliphatic imine (C=N–C) groups is 1. The first-order chi connectivity index (χ1) is 11.2. The second-order valence-corrected chi connectivity index (χ2v) is 5.42. The van der Waals surface area contributed by atoms with Gasteiger partial charge in [0.2, 0.25) is 0 Å². The van der Waals surface area contributed by atoms with E-state index in [-0.39, 0.29) is 11.8 Å². The third kappa shape index (κ3) is 3.04. The van der Waals surface area contributed by atoms with Gasteiger partial charge in [0.25, 0.3) is 0 Å². The Morgan fingerprint density at radius 1 is 1.00 bits per heavy atom. The molecule has 0 fully saturated rings. The van der Waals surface area contributed by atoms with E-state index in [9.17, 15) is 5.11 Å². The molecule has 0 heterocycles. The number of aromatic hydroxyl groups is 1. The lowest BCUT2D eigenvalue weighted by molar-refractivity contribution is 0.373. The summed E-state index contributed by atoms with van der Waals surface area (Å²) in [5.74, 6) is 0.565. The van der Waals surface area contributed by atoms with E-state index in [1.165, 1.54) is 23.4 Å². The second kappa shape index (κ2) is 6.53. The van der Waals surface area contributed by atoms with Gasteiger partial charge in [0.05, 0.1) is 13.2 Å². The smallest absolute Gasteiger partial charge is 0.166 e. The number of nitrogens with zero attached hydrogens (tertiary/aromatic N) is 1. The van der Waals surface area contributed by atoms with Crippen molar-refractivity contribution in [3.63, 3.8) is 0 Å². The number of hydrogen-bond acceptors (Lipinski definition) is 3. The lowest BCUT2D eigenvalue weighted by Crippen LogP contribution is -1.94. The highest BCUT2D eigenvalue weighted by Gasteiger charge is 2.09. The molecule has 0 aliphatic heterocycles. The monoisotopic (exact) mass is 305 g/mol. The molecule has 0 aromatic heterocycles. The van der Waals surface area contributed by atoms with Gasteiger partial charge >= 0.3 is 0 Å². The molecule has 0 saturated heterocycles. The molecule has 0 saturated carbocycles. The lowest BCUT2D eigenvalue weighted by atomic mass is 10.00. The first-order valence-electron chi connectivity index (χ1n) is 7.57. The summed E-state index contributed by atoms with van der Waals surface area (Å²) < 4.78 is 5.12. The number of ether oxygens (including phenoxy) is 1. The molecule has 0 aliphatic rings. The van der Waals surface area contributed by atoms with Gasteiger partial charge in [-0.15, -0.1) is 0 Å². The molecule has 0 radical (unpaired) electrons. The van der Waals surface area contributed by atoms with Gasteiger partial charge in [-0.3, -0.25) is 4.99 Å². The molecule has 116 valence electrons. The zero-order valence-corrected chi connectivity index (χ0v) is 13.2.